The molecule has 1 heterocycles. The van der Waals surface area contributed by atoms with Crippen LogP contribution in [-0.2, 0) is 16.6 Å². The van der Waals surface area contributed by atoms with Crippen molar-refractivity contribution in [2.75, 3.05) is 13.6 Å². The average molecular weight is 285 g/mol. The first-order chi connectivity index (χ1) is 8.86. The molecular formula is C13H23N3O2S. The van der Waals surface area contributed by atoms with Crippen LogP contribution in [0.2, 0.25) is 0 Å². The van der Waals surface area contributed by atoms with Gasteiger partial charge >= 0.3 is 0 Å². The van der Waals surface area contributed by atoms with Gasteiger partial charge in [-0.1, -0.05) is 0 Å². The lowest BCUT2D eigenvalue weighted by molar-refractivity contribution is 0.452. The van der Waals surface area contributed by atoms with E-state index in [1.54, 1.807) is 19.3 Å². The van der Waals surface area contributed by atoms with Crippen LogP contribution in [0.5, 0.6) is 0 Å². The van der Waals surface area contributed by atoms with Gasteiger partial charge in [0.2, 0.25) is 10.0 Å². The van der Waals surface area contributed by atoms with E-state index in [1.807, 2.05) is 18.4 Å². The zero-order valence-corrected chi connectivity index (χ0v) is 12.7. The molecule has 1 aliphatic carbocycles. The molecule has 108 valence electrons. The molecule has 1 fully saturated rings. The maximum atomic E-state index is 12.5. The molecule has 2 N–H and O–H groups in total. The number of hydrogen-bond acceptors (Lipinski definition) is 3. The van der Waals surface area contributed by atoms with Crippen molar-refractivity contribution in [3.63, 3.8) is 0 Å². The minimum absolute atomic E-state index is 0.205. The second kappa shape index (κ2) is 5.26. The van der Waals surface area contributed by atoms with Crippen molar-refractivity contribution in [2.24, 2.45) is 11.7 Å². The standard InChI is InChI=1S/C13H23N3O2S/c1-10(2)16-9-13(6-12(16)7-14)19(17,18)15(3)8-11-4-5-11/h6,9-11H,4-5,7-8,14H2,1-3H3. The van der Waals surface area contributed by atoms with Crippen LogP contribution in [0, 0.1) is 5.92 Å². The molecule has 0 atom stereocenters. The van der Waals surface area contributed by atoms with Crippen LogP contribution in [0.25, 0.3) is 0 Å². The highest BCUT2D eigenvalue weighted by Gasteiger charge is 2.30. The Balaban J connectivity index is 2.28. The van der Waals surface area contributed by atoms with E-state index < -0.39 is 10.0 Å². The van der Waals surface area contributed by atoms with Crippen molar-refractivity contribution < 1.29 is 8.42 Å². The van der Waals surface area contributed by atoms with E-state index in [-0.39, 0.29) is 6.04 Å². The van der Waals surface area contributed by atoms with Gasteiger partial charge in [0, 0.05) is 38.1 Å². The lowest BCUT2D eigenvalue weighted by atomic mass is 10.3. The molecule has 1 saturated carbocycles. The molecule has 0 aliphatic heterocycles. The van der Waals surface area contributed by atoms with E-state index in [9.17, 15) is 8.42 Å². The molecule has 5 nitrogen and oxygen atoms in total. The van der Waals surface area contributed by atoms with Crippen molar-refractivity contribution in [1.82, 2.24) is 8.87 Å². The first-order valence-electron chi connectivity index (χ1n) is 6.73. The number of aromatic nitrogens is 1. The van der Waals surface area contributed by atoms with Gasteiger partial charge in [0.25, 0.3) is 0 Å². The molecule has 0 aromatic carbocycles. The number of hydrogen-bond donors (Lipinski definition) is 1. The van der Waals surface area contributed by atoms with Crippen molar-refractivity contribution in [1.29, 1.82) is 0 Å². The summed E-state index contributed by atoms with van der Waals surface area (Å²) in [5, 5.41) is 0. The Morgan fingerprint density at radius 1 is 1.47 bits per heavy atom. The average Bonchev–Trinajstić information content (AvgIpc) is 3.03. The molecule has 0 unspecified atom stereocenters. The zero-order valence-electron chi connectivity index (χ0n) is 11.8. The quantitative estimate of drug-likeness (QED) is 0.862. The monoisotopic (exact) mass is 285 g/mol. The van der Waals surface area contributed by atoms with E-state index in [0.717, 1.165) is 18.5 Å². The lowest BCUT2D eigenvalue weighted by Gasteiger charge is -2.15. The van der Waals surface area contributed by atoms with Crippen LogP contribution in [0.4, 0.5) is 0 Å². The van der Waals surface area contributed by atoms with Crippen LogP contribution < -0.4 is 5.73 Å². The Hall–Kier alpha value is -0.850. The summed E-state index contributed by atoms with van der Waals surface area (Å²) >= 11 is 0. The van der Waals surface area contributed by atoms with E-state index in [0.29, 0.717) is 23.9 Å². The zero-order chi connectivity index (χ0) is 14.2. The van der Waals surface area contributed by atoms with E-state index >= 15 is 0 Å². The third-order valence-corrected chi connectivity index (χ3v) is 5.38. The van der Waals surface area contributed by atoms with Gasteiger partial charge in [-0.2, -0.15) is 0 Å². The SMILES string of the molecule is CC(C)n1cc(S(=O)(=O)N(C)CC2CC2)cc1CN. The minimum atomic E-state index is -3.38. The smallest absolute Gasteiger partial charge is 0.244 e. The summed E-state index contributed by atoms with van der Waals surface area (Å²) in [4.78, 5) is 0.352. The van der Waals surface area contributed by atoms with Gasteiger partial charge in [0.1, 0.15) is 4.90 Å². The highest BCUT2D eigenvalue weighted by Crippen LogP contribution is 2.31. The summed E-state index contributed by atoms with van der Waals surface area (Å²) in [6.45, 7) is 5.00. The molecule has 1 aliphatic rings. The molecule has 0 bridgehead atoms. The summed E-state index contributed by atoms with van der Waals surface area (Å²) < 4.78 is 28.3. The molecule has 1 aromatic heterocycles. The molecule has 0 saturated heterocycles. The summed E-state index contributed by atoms with van der Waals surface area (Å²) in [5.74, 6) is 0.543. The predicted molar refractivity (Wildman–Crippen MR) is 75.2 cm³/mol. The fourth-order valence-electron chi connectivity index (χ4n) is 2.22. The van der Waals surface area contributed by atoms with E-state index in [2.05, 4.69) is 0 Å². The Bertz CT molecular complexity index is 544. The Kier molecular flexibility index (Phi) is 4.03. The van der Waals surface area contributed by atoms with E-state index in [1.165, 1.54) is 4.31 Å². The van der Waals surface area contributed by atoms with Crippen LogP contribution in [0.1, 0.15) is 38.4 Å². The lowest BCUT2D eigenvalue weighted by Crippen LogP contribution is -2.28. The minimum Gasteiger partial charge on any atom is -0.346 e. The number of sulfonamides is 1. The Morgan fingerprint density at radius 3 is 2.53 bits per heavy atom. The normalized spacial score (nSPS) is 16.5. The van der Waals surface area contributed by atoms with Crippen LogP contribution >= 0.6 is 0 Å². The first-order valence-corrected chi connectivity index (χ1v) is 8.17. The highest BCUT2D eigenvalue weighted by atomic mass is 32.2. The van der Waals surface area contributed by atoms with Gasteiger partial charge in [0.15, 0.2) is 0 Å². The molecule has 1 aromatic rings. The fraction of sp³-hybridized carbons (Fsp3) is 0.692. The summed E-state index contributed by atoms with van der Waals surface area (Å²) in [6, 6.07) is 1.90. The van der Waals surface area contributed by atoms with Crippen LogP contribution in [0.15, 0.2) is 17.2 Å². The number of nitrogens with zero attached hydrogens (tertiary/aromatic N) is 2. The molecule has 0 spiro atoms. The van der Waals surface area contributed by atoms with Crippen molar-refractivity contribution in [3.8, 4) is 0 Å². The molecular weight excluding hydrogens is 262 g/mol. The number of nitrogens with two attached hydrogens (primary N) is 1. The van der Waals surface area contributed by atoms with Gasteiger partial charge in [-0.25, -0.2) is 12.7 Å². The largest absolute Gasteiger partial charge is 0.346 e. The predicted octanol–water partition coefficient (Wildman–Crippen LogP) is 1.56. The van der Waals surface area contributed by atoms with Gasteiger partial charge in [-0.15, -0.1) is 0 Å². The Labute approximate surface area is 115 Å². The number of rotatable bonds is 6. The van der Waals surface area contributed by atoms with Gasteiger partial charge in [-0.3, -0.25) is 0 Å². The maximum Gasteiger partial charge on any atom is 0.244 e. The molecule has 0 amide bonds. The van der Waals surface area contributed by atoms with Crippen LogP contribution in [0.3, 0.4) is 0 Å². The maximum absolute atomic E-state index is 12.5. The van der Waals surface area contributed by atoms with Crippen LogP contribution in [-0.4, -0.2) is 30.9 Å². The van der Waals surface area contributed by atoms with E-state index in [4.69, 9.17) is 5.73 Å². The third-order valence-electron chi connectivity index (χ3n) is 3.59. The molecule has 6 heteroatoms. The second-order valence-corrected chi connectivity index (χ2v) is 7.65. The van der Waals surface area contributed by atoms with Gasteiger partial charge in [0.05, 0.1) is 0 Å². The summed E-state index contributed by atoms with van der Waals surface area (Å²) in [5.41, 5.74) is 6.54. The van der Waals surface area contributed by atoms with Crippen molar-refractivity contribution >= 4 is 10.0 Å². The summed E-state index contributed by atoms with van der Waals surface area (Å²) in [7, 11) is -1.73. The third kappa shape index (κ3) is 3.01. The van der Waals surface area contributed by atoms with Crippen molar-refractivity contribution in [2.45, 2.75) is 44.2 Å². The van der Waals surface area contributed by atoms with Gasteiger partial charge < -0.3 is 10.3 Å². The topological polar surface area (TPSA) is 68.3 Å². The molecule has 2 rings (SSSR count). The highest BCUT2D eigenvalue weighted by molar-refractivity contribution is 7.89. The second-order valence-electron chi connectivity index (χ2n) is 5.60. The first kappa shape index (κ1) is 14.6. The summed E-state index contributed by atoms with van der Waals surface area (Å²) in [6.07, 6.45) is 3.98. The fourth-order valence-corrected chi connectivity index (χ4v) is 3.52. The van der Waals surface area contributed by atoms with Gasteiger partial charge in [-0.05, 0) is 38.7 Å². The molecule has 0 radical (unpaired) electrons. The van der Waals surface area contributed by atoms with Crippen molar-refractivity contribution in [3.05, 3.63) is 18.0 Å². The Morgan fingerprint density at radius 2 is 2.11 bits per heavy atom. The molecule has 19 heavy (non-hydrogen) atoms.